The summed E-state index contributed by atoms with van der Waals surface area (Å²) >= 11 is 0. The molecule has 4 heteroatoms. The molecule has 0 aliphatic rings. The average Bonchev–Trinajstić information content (AvgIpc) is 2.63. The summed E-state index contributed by atoms with van der Waals surface area (Å²) in [7, 11) is 0. The summed E-state index contributed by atoms with van der Waals surface area (Å²) in [4.78, 5) is 11.5. The second-order valence-electron chi connectivity index (χ2n) is 5.68. The van der Waals surface area contributed by atoms with E-state index in [2.05, 4.69) is 13.8 Å². The SMILES string of the molecule is CCCCOc1ccc(C=C(Oc2ccc(CC)cc2)C(=O)O)cc1. The third-order valence-corrected chi connectivity index (χ3v) is 3.71. The molecule has 0 atom stereocenters. The molecule has 0 aromatic heterocycles. The van der Waals surface area contributed by atoms with Crippen LogP contribution in [-0.2, 0) is 11.2 Å². The highest BCUT2D eigenvalue weighted by Gasteiger charge is 2.10. The third-order valence-electron chi connectivity index (χ3n) is 3.71. The Morgan fingerprint density at radius 2 is 1.64 bits per heavy atom. The van der Waals surface area contributed by atoms with E-state index in [1.165, 1.54) is 11.6 Å². The number of ether oxygens (including phenoxy) is 2. The van der Waals surface area contributed by atoms with Crippen LogP contribution < -0.4 is 9.47 Å². The van der Waals surface area contributed by atoms with Crippen LogP contribution in [-0.4, -0.2) is 17.7 Å². The summed E-state index contributed by atoms with van der Waals surface area (Å²) in [6, 6.07) is 14.7. The number of aliphatic carboxylic acids is 1. The van der Waals surface area contributed by atoms with E-state index < -0.39 is 5.97 Å². The smallest absolute Gasteiger partial charge is 0.371 e. The molecule has 4 nitrogen and oxygen atoms in total. The van der Waals surface area contributed by atoms with Gasteiger partial charge in [0, 0.05) is 0 Å². The molecule has 1 N–H and O–H groups in total. The first kappa shape index (κ1) is 18.6. The van der Waals surface area contributed by atoms with Gasteiger partial charge in [0.1, 0.15) is 11.5 Å². The van der Waals surface area contributed by atoms with Crippen LogP contribution in [0.2, 0.25) is 0 Å². The zero-order valence-electron chi connectivity index (χ0n) is 14.7. The average molecular weight is 340 g/mol. The summed E-state index contributed by atoms with van der Waals surface area (Å²) in [6.07, 6.45) is 4.52. The van der Waals surface area contributed by atoms with Crippen LogP contribution in [0.3, 0.4) is 0 Å². The molecule has 0 heterocycles. The van der Waals surface area contributed by atoms with Gasteiger partial charge in [0.05, 0.1) is 6.61 Å². The Kier molecular flexibility index (Phi) is 7.08. The molecule has 132 valence electrons. The number of hydrogen-bond donors (Lipinski definition) is 1. The van der Waals surface area contributed by atoms with E-state index in [0.29, 0.717) is 12.4 Å². The maximum Gasteiger partial charge on any atom is 0.371 e. The van der Waals surface area contributed by atoms with Gasteiger partial charge in [-0.05, 0) is 54.3 Å². The van der Waals surface area contributed by atoms with E-state index in [1.54, 1.807) is 12.1 Å². The fourth-order valence-corrected chi connectivity index (χ4v) is 2.20. The van der Waals surface area contributed by atoms with Crippen LogP contribution in [0, 0.1) is 0 Å². The first-order valence-corrected chi connectivity index (χ1v) is 8.57. The second-order valence-corrected chi connectivity index (χ2v) is 5.68. The monoisotopic (exact) mass is 340 g/mol. The fraction of sp³-hybridized carbons (Fsp3) is 0.286. The van der Waals surface area contributed by atoms with Crippen molar-refractivity contribution >= 4 is 12.0 Å². The molecule has 0 saturated heterocycles. The minimum atomic E-state index is -1.11. The Hall–Kier alpha value is -2.75. The molecule has 0 amide bonds. The van der Waals surface area contributed by atoms with E-state index in [1.807, 2.05) is 36.4 Å². The van der Waals surface area contributed by atoms with E-state index >= 15 is 0 Å². The van der Waals surface area contributed by atoms with Crippen molar-refractivity contribution in [1.82, 2.24) is 0 Å². The van der Waals surface area contributed by atoms with E-state index in [-0.39, 0.29) is 5.76 Å². The Labute approximate surface area is 148 Å². The maximum absolute atomic E-state index is 11.5. The quantitative estimate of drug-likeness (QED) is 0.399. The maximum atomic E-state index is 11.5. The molecule has 0 aliphatic heterocycles. The Morgan fingerprint density at radius 1 is 1.00 bits per heavy atom. The molecule has 0 saturated carbocycles. The number of aryl methyl sites for hydroxylation is 1. The number of carboxylic acids is 1. The largest absolute Gasteiger partial charge is 0.494 e. The van der Waals surface area contributed by atoms with Crippen molar-refractivity contribution in [3.05, 3.63) is 65.4 Å². The molecular formula is C21H24O4. The number of benzene rings is 2. The van der Waals surface area contributed by atoms with Crippen LogP contribution in [0.15, 0.2) is 54.3 Å². The minimum absolute atomic E-state index is 0.121. The van der Waals surface area contributed by atoms with Crippen LogP contribution in [0.4, 0.5) is 0 Å². The molecular weight excluding hydrogens is 316 g/mol. The molecule has 0 bridgehead atoms. The van der Waals surface area contributed by atoms with Crippen LogP contribution >= 0.6 is 0 Å². The van der Waals surface area contributed by atoms with Gasteiger partial charge >= 0.3 is 5.97 Å². The predicted octanol–water partition coefficient (Wildman–Crippen LogP) is 4.93. The molecule has 25 heavy (non-hydrogen) atoms. The minimum Gasteiger partial charge on any atom is -0.494 e. The lowest BCUT2D eigenvalue weighted by Gasteiger charge is -2.08. The van der Waals surface area contributed by atoms with Crippen LogP contribution in [0.5, 0.6) is 11.5 Å². The number of unbranched alkanes of at least 4 members (excludes halogenated alkanes) is 1. The first-order chi connectivity index (χ1) is 12.1. The Morgan fingerprint density at radius 3 is 2.20 bits per heavy atom. The lowest BCUT2D eigenvalue weighted by atomic mass is 10.1. The standard InChI is InChI=1S/C21H24O4/c1-3-5-14-24-18-10-8-17(9-11-18)15-20(21(22)23)25-19-12-6-16(4-2)7-13-19/h6-13,15H,3-5,14H2,1-2H3,(H,22,23). The van der Waals surface area contributed by atoms with Crippen molar-refractivity contribution in [2.24, 2.45) is 0 Å². The molecule has 2 aromatic carbocycles. The lowest BCUT2D eigenvalue weighted by Crippen LogP contribution is -2.07. The van der Waals surface area contributed by atoms with E-state index in [4.69, 9.17) is 9.47 Å². The number of rotatable bonds is 9. The number of carbonyl (C=O) groups is 1. The Balaban J connectivity index is 2.08. The number of hydrogen-bond acceptors (Lipinski definition) is 3. The second kappa shape index (κ2) is 9.52. The third kappa shape index (κ3) is 5.99. The summed E-state index contributed by atoms with van der Waals surface area (Å²) in [5, 5.41) is 9.38. The van der Waals surface area contributed by atoms with Crippen molar-refractivity contribution < 1.29 is 19.4 Å². The summed E-state index contributed by atoms with van der Waals surface area (Å²) in [5.74, 6) is 0.0515. The van der Waals surface area contributed by atoms with Gasteiger partial charge in [-0.15, -0.1) is 0 Å². The van der Waals surface area contributed by atoms with Gasteiger partial charge in [-0.2, -0.15) is 0 Å². The normalized spacial score (nSPS) is 11.2. The van der Waals surface area contributed by atoms with Crippen LogP contribution in [0.1, 0.15) is 37.8 Å². The summed E-state index contributed by atoms with van der Waals surface area (Å²) in [5.41, 5.74) is 1.91. The van der Waals surface area contributed by atoms with Gasteiger partial charge in [-0.25, -0.2) is 4.79 Å². The fourth-order valence-electron chi connectivity index (χ4n) is 2.20. The van der Waals surface area contributed by atoms with Crippen molar-refractivity contribution in [3.8, 4) is 11.5 Å². The number of carboxylic acid groups (broad SMARTS) is 1. The van der Waals surface area contributed by atoms with Gasteiger partial charge in [0.2, 0.25) is 5.76 Å². The molecule has 0 radical (unpaired) electrons. The molecule has 0 aliphatic carbocycles. The summed E-state index contributed by atoms with van der Waals surface area (Å²) < 4.78 is 11.1. The van der Waals surface area contributed by atoms with Gasteiger partial charge in [0.25, 0.3) is 0 Å². The molecule has 0 fully saturated rings. The topological polar surface area (TPSA) is 55.8 Å². The van der Waals surface area contributed by atoms with Crippen molar-refractivity contribution in [2.45, 2.75) is 33.1 Å². The van der Waals surface area contributed by atoms with Gasteiger partial charge in [-0.3, -0.25) is 0 Å². The van der Waals surface area contributed by atoms with Crippen LogP contribution in [0.25, 0.3) is 6.08 Å². The highest BCUT2D eigenvalue weighted by molar-refractivity contribution is 5.90. The molecule has 0 unspecified atom stereocenters. The molecule has 0 spiro atoms. The first-order valence-electron chi connectivity index (χ1n) is 8.57. The zero-order valence-corrected chi connectivity index (χ0v) is 14.7. The Bertz CT molecular complexity index is 700. The zero-order chi connectivity index (χ0) is 18.1. The molecule has 2 rings (SSSR count). The van der Waals surface area contributed by atoms with Crippen molar-refractivity contribution in [3.63, 3.8) is 0 Å². The summed E-state index contributed by atoms with van der Waals surface area (Å²) in [6.45, 7) is 4.86. The predicted molar refractivity (Wildman–Crippen MR) is 98.9 cm³/mol. The van der Waals surface area contributed by atoms with E-state index in [9.17, 15) is 9.90 Å². The van der Waals surface area contributed by atoms with Gasteiger partial charge in [-0.1, -0.05) is 44.5 Å². The van der Waals surface area contributed by atoms with Crippen molar-refractivity contribution in [1.29, 1.82) is 0 Å². The van der Waals surface area contributed by atoms with E-state index in [0.717, 1.165) is 30.6 Å². The van der Waals surface area contributed by atoms with Crippen molar-refractivity contribution in [2.75, 3.05) is 6.61 Å². The highest BCUT2D eigenvalue weighted by Crippen LogP contribution is 2.19. The highest BCUT2D eigenvalue weighted by atomic mass is 16.5. The van der Waals surface area contributed by atoms with Gasteiger partial charge < -0.3 is 14.6 Å². The van der Waals surface area contributed by atoms with Gasteiger partial charge in [0.15, 0.2) is 0 Å². The lowest BCUT2D eigenvalue weighted by molar-refractivity contribution is -0.134. The molecule has 2 aromatic rings.